The van der Waals surface area contributed by atoms with Crippen molar-refractivity contribution in [1.82, 2.24) is 14.9 Å². The average molecular weight is 452 g/mol. The van der Waals surface area contributed by atoms with Crippen LogP contribution in [0.1, 0.15) is 42.5 Å². The summed E-state index contributed by atoms with van der Waals surface area (Å²) in [5, 5.41) is 9.16. The molecule has 5 rings (SSSR count). The molecule has 1 aromatic heterocycles. The third-order valence-electron chi connectivity index (χ3n) is 7.70. The van der Waals surface area contributed by atoms with Crippen molar-refractivity contribution in [3.05, 3.63) is 51.4 Å². The summed E-state index contributed by atoms with van der Waals surface area (Å²) in [5.41, 5.74) is 4.32. The van der Waals surface area contributed by atoms with Crippen LogP contribution in [0, 0.1) is 0 Å². The van der Waals surface area contributed by atoms with Crippen molar-refractivity contribution in [2.24, 2.45) is 0 Å². The Hall–Kier alpha value is -2.87. The van der Waals surface area contributed by atoms with Crippen LogP contribution < -0.4 is 15.4 Å². The van der Waals surface area contributed by atoms with Crippen LogP contribution in [0.15, 0.2) is 29.1 Å². The highest BCUT2D eigenvalue weighted by Gasteiger charge is 2.45. The minimum atomic E-state index is -0.0303. The Kier molecular flexibility index (Phi) is 5.86. The summed E-state index contributed by atoms with van der Waals surface area (Å²) >= 11 is 0. The number of rotatable bonds is 5. The number of aliphatic hydroxyl groups is 1. The number of hydrogen-bond acceptors (Lipinski definition) is 6. The maximum atomic E-state index is 12.7. The van der Waals surface area contributed by atoms with Crippen molar-refractivity contribution < 1.29 is 9.90 Å². The number of aromatic amines is 1. The number of piperidine rings is 1. The largest absolute Gasteiger partial charge is 0.395 e. The van der Waals surface area contributed by atoms with Crippen LogP contribution in [0.4, 0.5) is 11.6 Å². The highest BCUT2D eigenvalue weighted by molar-refractivity contribution is 5.82. The Morgan fingerprint density at radius 2 is 1.97 bits per heavy atom. The molecule has 2 N–H and O–H groups in total. The van der Waals surface area contributed by atoms with Gasteiger partial charge in [-0.2, -0.15) is 0 Å². The summed E-state index contributed by atoms with van der Waals surface area (Å²) in [5.74, 6) is 0.726. The van der Waals surface area contributed by atoms with E-state index in [0.29, 0.717) is 19.0 Å². The van der Waals surface area contributed by atoms with E-state index < -0.39 is 0 Å². The number of nitrogens with one attached hydrogen (secondary N) is 1. The number of anilines is 2. The first-order valence-corrected chi connectivity index (χ1v) is 12.1. The van der Waals surface area contributed by atoms with E-state index in [2.05, 4.69) is 33.0 Å². The van der Waals surface area contributed by atoms with Crippen LogP contribution in [-0.4, -0.2) is 72.3 Å². The number of H-pyrrole nitrogens is 1. The van der Waals surface area contributed by atoms with Crippen molar-refractivity contribution in [1.29, 1.82) is 0 Å². The molecule has 33 heavy (non-hydrogen) atoms. The Labute approximate surface area is 194 Å². The van der Waals surface area contributed by atoms with Gasteiger partial charge < -0.3 is 19.8 Å². The fourth-order valence-electron chi connectivity index (χ4n) is 5.75. The van der Waals surface area contributed by atoms with E-state index in [4.69, 9.17) is 10.1 Å². The molecule has 1 fully saturated rings. The van der Waals surface area contributed by atoms with Crippen molar-refractivity contribution in [2.45, 2.75) is 43.9 Å². The number of amides is 1. The lowest BCUT2D eigenvalue weighted by Gasteiger charge is -2.40. The summed E-state index contributed by atoms with van der Waals surface area (Å²) in [6, 6.07) is 8.42. The van der Waals surface area contributed by atoms with Crippen LogP contribution >= 0.6 is 0 Å². The summed E-state index contributed by atoms with van der Waals surface area (Å²) < 4.78 is 0. The molecular weight excluding hydrogens is 418 g/mol. The SMILES string of the molecule is CN(CCO)C(=O)CN1CC2(CCN(c3nc4c(c(=O)[nH]3)CCCC4)CC2)c2ccccc21. The number of carbonyl (C=O) groups is 1. The minimum absolute atomic E-state index is 0.00255. The fourth-order valence-corrected chi connectivity index (χ4v) is 5.75. The molecule has 3 heterocycles. The predicted molar refractivity (Wildman–Crippen MR) is 128 cm³/mol. The van der Waals surface area contributed by atoms with Gasteiger partial charge in [-0.1, -0.05) is 18.2 Å². The molecule has 8 nitrogen and oxygen atoms in total. The van der Waals surface area contributed by atoms with Crippen molar-refractivity contribution in [2.75, 3.05) is 56.2 Å². The number of carbonyl (C=O) groups excluding carboxylic acids is 1. The second kappa shape index (κ2) is 8.82. The van der Waals surface area contributed by atoms with E-state index in [1.54, 1.807) is 11.9 Å². The fraction of sp³-hybridized carbons (Fsp3) is 0.560. The van der Waals surface area contributed by atoms with Gasteiger partial charge in [-0.05, 0) is 50.2 Å². The molecule has 8 heteroatoms. The first-order chi connectivity index (χ1) is 16.0. The molecule has 1 saturated heterocycles. The molecule has 0 atom stereocenters. The van der Waals surface area contributed by atoms with Gasteiger partial charge in [-0.3, -0.25) is 14.6 Å². The quantitative estimate of drug-likeness (QED) is 0.715. The van der Waals surface area contributed by atoms with Gasteiger partial charge >= 0.3 is 0 Å². The first-order valence-electron chi connectivity index (χ1n) is 12.1. The summed E-state index contributed by atoms with van der Waals surface area (Å²) in [4.78, 5) is 39.2. The Morgan fingerprint density at radius 3 is 2.76 bits per heavy atom. The van der Waals surface area contributed by atoms with Gasteiger partial charge in [-0.25, -0.2) is 4.98 Å². The number of benzene rings is 1. The van der Waals surface area contributed by atoms with E-state index in [1.165, 1.54) is 5.56 Å². The van der Waals surface area contributed by atoms with Gasteiger partial charge in [0.15, 0.2) is 0 Å². The maximum Gasteiger partial charge on any atom is 0.255 e. The van der Waals surface area contributed by atoms with E-state index in [9.17, 15) is 9.59 Å². The molecule has 2 aromatic rings. The molecule has 176 valence electrons. The summed E-state index contributed by atoms with van der Waals surface area (Å²) in [6.45, 7) is 3.09. The highest BCUT2D eigenvalue weighted by Crippen LogP contribution is 2.47. The second-order valence-corrected chi connectivity index (χ2v) is 9.70. The van der Waals surface area contributed by atoms with Crippen LogP contribution in [0.2, 0.25) is 0 Å². The van der Waals surface area contributed by atoms with Crippen LogP contribution in [0.25, 0.3) is 0 Å². The van der Waals surface area contributed by atoms with Gasteiger partial charge in [0.2, 0.25) is 11.9 Å². The molecule has 0 saturated carbocycles. The number of aliphatic hydroxyl groups excluding tert-OH is 1. The van der Waals surface area contributed by atoms with Crippen LogP contribution in [0.3, 0.4) is 0 Å². The Morgan fingerprint density at radius 1 is 1.21 bits per heavy atom. The topological polar surface area (TPSA) is 92.8 Å². The smallest absolute Gasteiger partial charge is 0.255 e. The third kappa shape index (κ3) is 4.01. The molecule has 2 aliphatic heterocycles. The highest BCUT2D eigenvalue weighted by atomic mass is 16.3. The van der Waals surface area contributed by atoms with Crippen LogP contribution in [-0.2, 0) is 23.1 Å². The van der Waals surface area contributed by atoms with Crippen molar-refractivity contribution in [3.8, 4) is 0 Å². The van der Waals surface area contributed by atoms with E-state index in [-0.39, 0.29) is 23.5 Å². The van der Waals surface area contributed by atoms with Crippen molar-refractivity contribution in [3.63, 3.8) is 0 Å². The molecule has 1 aliphatic carbocycles. The Bertz CT molecular complexity index is 1090. The molecule has 1 amide bonds. The summed E-state index contributed by atoms with van der Waals surface area (Å²) in [7, 11) is 1.74. The zero-order valence-corrected chi connectivity index (χ0v) is 19.3. The lowest BCUT2D eigenvalue weighted by Crippen LogP contribution is -2.47. The normalized spacial score (nSPS) is 18.8. The molecule has 0 bridgehead atoms. The van der Waals surface area contributed by atoms with Gasteiger partial charge in [0, 0.05) is 49.9 Å². The lowest BCUT2D eigenvalue weighted by molar-refractivity contribution is -0.128. The molecule has 1 spiro atoms. The van der Waals surface area contributed by atoms with Gasteiger partial charge in [-0.15, -0.1) is 0 Å². The van der Waals surface area contributed by atoms with E-state index in [1.807, 2.05) is 6.07 Å². The second-order valence-electron chi connectivity index (χ2n) is 9.70. The number of aromatic nitrogens is 2. The van der Waals surface area contributed by atoms with E-state index >= 15 is 0 Å². The number of hydrogen-bond donors (Lipinski definition) is 2. The monoisotopic (exact) mass is 451 g/mol. The standard InChI is InChI=1S/C25H33N5O3/c1-28(14-15-31)22(32)16-30-17-25(19-7-3-5-9-21(19)30)10-12-29(13-11-25)24-26-20-8-4-2-6-18(20)23(33)27-24/h3,5,7,9,31H,2,4,6,8,10-17H2,1H3,(H,26,27,33). The van der Waals surface area contributed by atoms with Gasteiger partial charge in [0.1, 0.15) is 0 Å². The summed E-state index contributed by atoms with van der Waals surface area (Å²) in [6.07, 6.45) is 5.79. The molecule has 0 unspecified atom stereocenters. The first kappa shape index (κ1) is 21.9. The van der Waals surface area contributed by atoms with Gasteiger partial charge in [0.25, 0.3) is 5.56 Å². The molecule has 1 aromatic carbocycles. The number of aryl methyl sites for hydroxylation is 1. The number of likely N-dealkylation sites (N-methyl/N-ethyl adjacent to an activating group) is 1. The van der Waals surface area contributed by atoms with Crippen LogP contribution in [0.5, 0.6) is 0 Å². The Balaban J connectivity index is 1.33. The molecule has 0 radical (unpaired) electrons. The number of fused-ring (bicyclic) bond motifs is 3. The lowest BCUT2D eigenvalue weighted by atomic mass is 9.74. The zero-order chi connectivity index (χ0) is 23.0. The maximum absolute atomic E-state index is 12.7. The number of para-hydroxylation sites is 1. The average Bonchev–Trinajstić information content (AvgIpc) is 3.12. The molecule has 3 aliphatic rings. The minimum Gasteiger partial charge on any atom is -0.395 e. The predicted octanol–water partition coefficient (Wildman–Crippen LogP) is 1.46. The number of nitrogens with zero attached hydrogens (tertiary/aromatic N) is 4. The molecular formula is C25H33N5O3. The zero-order valence-electron chi connectivity index (χ0n) is 19.3. The third-order valence-corrected chi connectivity index (χ3v) is 7.70. The van der Waals surface area contributed by atoms with Crippen molar-refractivity contribution >= 4 is 17.5 Å². The van der Waals surface area contributed by atoms with Gasteiger partial charge in [0.05, 0.1) is 18.8 Å². The van der Waals surface area contributed by atoms with E-state index in [0.717, 1.165) is 75.1 Å².